The average molecular weight is 502 g/mol. The molecule has 1 saturated heterocycles. The quantitative estimate of drug-likeness (QED) is 0.447. The number of nitrogens with one attached hydrogen (secondary N) is 3. The highest BCUT2D eigenvalue weighted by atomic mass is 32.2. The number of carbonyl (C=O) groups excluding carboxylic acids is 1. The molecule has 34 heavy (non-hydrogen) atoms. The third kappa shape index (κ3) is 5.17. The van der Waals surface area contributed by atoms with Crippen LogP contribution in [0.3, 0.4) is 0 Å². The van der Waals surface area contributed by atoms with Gasteiger partial charge in [-0.1, -0.05) is 20.8 Å². The highest BCUT2D eigenvalue weighted by molar-refractivity contribution is 7.88. The predicted octanol–water partition coefficient (Wildman–Crippen LogP) is 3.65. The summed E-state index contributed by atoms with van der Waals surface area (Å²) >= 11 is 1.49. The second-order valence-corrected chi connectivity index (χ2v) is 12.7. The van der Waals surface area contributed by atoms with Gasteiger partial charge >= 0.3 is 0 Å². The first-order valence-corrected chi connectivity index (χ1v) is 14.2. The van der Waals surface area contributed by atoms with Gasteiger partial charge in [-0.15, -0.1) is 11.3 Å². The zero-order chi connectivity index (χ0) is 24.7. The predicted molar refractivity (Wildman–Crippen MR) is 138 cm³/mol. The van der Waals surface area contributed by atoms with Gasteiger partial charge in [0.1, 0.15) is 0 Å². The smallest absolute Gasteiger partial charge is 0.255 e. The lowest BCUT2D eigenvalue weighted by molar-refractivity contribution is 0.0912. The number of hydrogen-bond donors (Lipinski definition) is 3. The molecule has 3 heterocycles. The number of carbonyl (C=O) groups is 1. The van der Waals surface area contributed by atoms with Crippen LogP contribution in [-0.4, -0.2) is 44.6 Å². The van der Waals surface area contributed by atoms with Gasteiger partial charge in [-0.05, 0) is 72.7 Å². The van der Waals surface area contributed by atoms with Gasteiger partial charge in [0.05, 0.1) is 12.3 Å². The van der Waals surface area contributed by atoms with E-state index in [1.165, 1.54) is 11.3 Å². The lowest BCUT2D eigenvalue weighted by Crippen LogP contribution is -2.50. The van der Waals surface area contributed by atoms with Crippen LogP contribution >= 0.6 is 11.3 Å². The van der Waals surface area contributed by atoms with E-state index in [4.69, 9.17) is 0 Å². The van der Waals surface area contributed by atoms with E-state index in [2.05, 4.69) is 35.8 Å². The molecule has 1 aliphatic rings. The molecule has 1 fully saturated rings. The van der Waals surface area contributed by atoms with Crippen molar-refractivity contribution in [2.24, 2.45) is 5.92 Å². The maximum atomic E-state index is 13.9. The maximum Gasteiger partial charge on any atom is 0.255 e. The minimum Gasteiger partial charge on any atom is -0.329 e. The molecule has 182 valence electrons. The van der Waals surface area contributed by atoms with Crippen LogP contribution in [0.15, 0.2) is 40.6 Å². The molecule has 3 aromatic rings. The number of aromatic amines is 1. The Morgan fingerprint density at radius 1 is 1.26 bits per heavy atom. The molecule has 0 amide bonds. The number of aromatic nitrogens is 1. The lowest BCUT2D eigenvalue weighted by Gasteiger charge is -2.30. The Hall–Kier alpha value is -2.33. The fourth-order valence-electron chi connectivity index (χ4n) is 4.61. The van der Waals surface area contributed by atoms with Gasteiger partial charge in [-0.3, -0.25) is 9.59 Å². The molecule has 1 aromatic carbocycles. The summed E-state index contributed by atoms with van der Waals surface area (Å²) in [5.41, 5.74) is 2.37. The van der Waals surface area contributed by atoms with Crippen molar-refractivity contribution < 1.29 is 13.2 Å². The van der Waals surface area contributed by atoms with Gasteiger partial charge in [0.25, 0.3) is 5.56 Å². The summed E-state index contributed by atoms with van der Waals surface area (Å²) in [7, 11) is -3.59. The number of ketones is 1. The van der Waals surface area contributed by atoms with Crippen molar-refractivity contribution in [1.29, 1.82) is 0 Å². The van der Waals surface area contributed by atoms with Crippen molar-refractivity contribution >= 4 is 37.2 Å². The largest absolute Gasteiger partial charge is 0.329 e. The van der Waals surface area contributed by atoms with E-state index < -0.39 is 16.1 Å². The van der Waals surface area contributed by atoms with Crippen LogP contribution in [0.2, 0.25) is 0 Å². The van der Waals surface area contributed by atoms with E-state index in [1.54, 1.807) is 18.3 Å². The van der Waals surface area contributed by atoms with Gasteiger partial charge in [0.2, 0.25) is 10.0 Å². The third-order valence-corrected chi connectivity index (χ3v) is 8.02. The molecule has 2 unspecified atom stereocenters. The Labute approximate surface area is 204 Å². The molecule has 0 aliphatic carbocycles. The number of Topliss-reactive ketones (excluding diaryl/α,β-unsaturated/α-hetero) is 1. The molecule has 2 aromatic heterocycles. The van der Waals surface area contributed by atoms with Crippen molar-refractivity contribution in [3.05, 3.63) is 57.3 Å². The van der Waals surface area contributed by atoms with Crippen molar-refractivity contribution in [3.63, 3.8) is 0 Å². The summed E-state index contributed by atoms with van der Waals surface area (Å²) < 4.78 is 27.9. The summed E-state index contributed by atoms with van der Waals surface area (Å²) in [5, 5.41) is 5.86. The Morgan fingerprint density at radius 3 is 2.65 bits per heavy atom. The second kappa shape index (κ2) is 9.37. The molecule has 0 radical (unpaired) electrons. The molecule has 9 heteroatoms. The van der Waals surface area contributed by atoms with E-state index in [-0.39, 0.29) is 22.7 Å². The molecule has 4 rings (SSSR count). The van der Waals surface area contributed by atoms with Crippen molar-refractivity contribution in [3.8, 4) is 11.1 Å². The van der Waals surface area contributed by atoms with Crippen LogP contribution in [-0.2, 0) is 15.4 Å². The number of hydrogen-bond acceptors (Lipinski definition) is 6. The Kier molecular flexibility index (Phi) is 6.83. The highest BCUT2D eigenvalue weighted by Crippen LogP contribution is 2.39. The van der Waals surface area contributed by atoms with Gasteiger partial charge in [0, 0.05) is 32.8 Å². The molecule has 3 N–H and O–H groups in total. The van der Waals surface area contributed by atoms with Crippen LogP contribution < -0.4 is 15.6 Å². The Balaban J connectivity index is 1.89. The summed E-state index contributed by atoms with van der Waals surface area (Å²) in [6, 6.07) is 6.61. The summed E-state index contributed by atoms with van der Waals surface area (Å²) in [4.78, 5) is 29.1. The number of fused-ring (bicyclic) bond motifs is 1. The first-order valence-electron chi connectivity index (χ1n) is 11.4. The summed E-state index contributed by atoms with van der Waals surface area (Å²) in [6.07, 6.45) is 4.34. The fraction of sp³-hybridized carbons (Fsp3) is 0.440. The molecule has 0 saturated carbocycles. The van der Waals surface area contributed by atoms with Gasteiger partial charge in [-0.25, -0.2) is 13.1 Å². The van der Waals surface area contributed by atoms with Crippen LogP contribution in [0.5, 0.6) is 0 Å². The van der Waals surface area contributed by atoms with Crippen LogP contribution in [0.4, 0.5) is 0 Å². The van der Waals surface area contributed by atoms with Gasteiger partial charge in [-0.2, -0.15) is 0 Å². The summed E-state index contributed by atoms with van der Waals surface area (Å²) in [5.74, 6) is -0.363. The van der Waals surface area contributed by atoms with E-state index in [0.717, 1.165) is 46.9 Å². The van der Waals surface area contributed by atoms with Crippen LogP contribution in [0, 0.1) is 5.92 Å². The van der Waals surface area contributed by atoms with E-state index in [0.29, 0.717) is 17.7 Å². The average Bonchev–Trinajstić information content (AvgIpc) is 3.20. The normalized spacial score (nSPS) is 18.2. The molecule has 7 nitrogen and oxygen atoms in total. The zero-order valence-corrected chi connectivity index (χ0v) is 21.5. The Bertz CT molecular complexity index is 1380. The standard InChI is InChI=1S/C25H31N3O4S2/c1-25(2,3)20-12-16(17-8-6-10-27-24(17)30)11-18-19(14-33-23(18)20)22(29)21(28-34(4,31)32)15-7-5-9-26-13-15/h6,8,10-12,14-15,21,26,28H,5,7,9,13H2,1-4H3,(H,27,30). The molecule has 0 spiro atoms. The summed E-state index contributed by atoms with van der Waals surface area (Å²) in [6.45, 7) is 7.75. The van der Waals surface area contributed by atoms with Gasteiger partial charge in [0.15, 0.2) is 5.78 Å². The van der Waals surface area contributed by atoms with Crippen molar-refractivity contribution in [2.75, 3.05) is 19.3 Å². The SMILES string of the molecule is CC(C)(C)c1cc(-c2ccc[nH]c2=O)cc2c(C(=O)C(NS(C)(=O)=O)C3CCCNC3)csc12. The molecule has 2 atom stereocenters. The number of thiophene rings is 1. The fourth-order valence-corrected chi connectivity index (χ4v) is 6.64. The lowest BCUT2D eigenvalue weighted by atomic mass is 9.83. The topological polar surface area (TPSA) is 108 Å². The zero-order valence-electron chi connectivity index (χ0n) is 19.9. The number of pyridine rings is 1. The monoisotopic (exact) mass is 501 g/mol. The van der Waals surface area contributed by atoms with Crippen molar-refractivity contribution in [2.45, 2.75) is 45.1 Å². The minimum absolute atomic E-state index is 0.131. The first kappa shape index (κ1) is 24.8. The highest BCUT2D eigenvalue weighted by Gasteiger charge is 2.34. The molecular weight excluding hydrogens is 470 g/mol. The maximum absolute atomic E-state index is 13.9. The second-order valence-electron chi connectivity index (χ2n) is 10.1. The number of sulfonamides is 1. The number of H-pyrrole nitrogens is 1. The molecule has 1 aliphatic heterocycles. The number of rotatable bonds is 6. The van der Waals surface area contributed by atoms with E-state index in [9.17, 15) is 18.0 Å². The molecule has 0 bridgehead atoms. The van der Waals surface area contributed by atoms with Crippen LogP contribution in [0.25, 0.3) is 21.2 Å². The number of benzene rings is 1. The van der Waals surface area contributed by atoms with E-state index in [1.807, 2.05) is 17.5 Å². The minimum atomic E-state index is -3.59. The first-order chi connectivity index (χ1) is 16.0. The van der Waals surface area contributed by atoms with Crippen LogP contribution in [0.1, 0.15) is 49.5 Å². The third-order valence-electron chi connectivity index (χ3n) is 6.31. The molecular formula is C25H31N3O4S2. The van der Waals surface area contributed by atoms with E-state index >= 15 is 0 Å². The Morgan fingerprint density at radius 2 is 2.03 bits per heavy atom. The van der Waals surface area contributed by atoms with Gasteiger partial charge < -0.3 is 10.3 Å². The van der Waals surface area contributed by atoms with Crippen molar-refractivity contribution in [1.82, 2.24) is 15.0 Å². The number of piperidine rings is 1.